The van der Waals surface area contributed by atoms with Crippen molar-refractivity contribution in [1.82, 2.24) is 9.88 Å². The van der Waals surface area contributed by atoms with E-state index in [4.69, 9.17) is 0 Å². The predicted octanol–water partition coefficient (Wildman–Crippen LogP) is 4.62. The van der Waals surface area contributed by atoms with Crippen molar-refractivity contribution in [3.05, 3.63) is 53.3 Å². The molecule has 21 heavy (non-hydrogen) atoms. The van der Waals surface area contributed by atoms with Gasteiger partial charge in [0.1, 0.15) is 0 Å². The van der Waals surface area contributed by atoms with Crippen molar-refractivity contribution in [3.63, 3.8) is 0 Å². The van der Waals surface area contributed by atoms with Gasteiger partial charge in [-0.1, -0.05) is 39.0 Å². The lowest BCUT2D eigenvalue weighted by Crippen LogP contribution is -2.20. The fraction of sp³-hybridized carbons (Fsp3) is 0.474. The van der Waals surface area contributed by atoms with Gasteiger partial charge in [0.25, 0.3) is 0 Å². The SMILES string of the molecule is Cc1cc(CNCCC(C)(C)C)c(C)n1-c1ccccc1. The third-order valence-electron chi connectivity index (χ3n) is 3.92. The van der Waals surface area contributed by atoms with Crippen LogP contribution in [0, 0.1) is 19.3 Å². The van der Waals surface area contributed by atoms with Crippen LogP contribution in [-0.4, -0.2) is 11.1 Å². The summed E-state index contributed by atoms with van der Waals surface area (Å²) in [6, 6.07) is 12.9. The Labute approximate surface area is 129 Å². The van der Waals surface area contributed by atoms with Gasteiger partial charge in [-0.3, -0.25) is 0 Å². The standard InChI is InChI=1S/C19H28N2/c1-15-13-17(14-20-12-11-19(3,4)5)16(2)21(15)18-9-7-6-8-10-18/h6-10,13,20H,11-12,14H2,1-5H3. The lowest BCUT2D eigenvalue weighted by atomic mass is 9.92. The predicted molar refractivity (Wildman–Crippen MR) is 91.0 cm³/mol. The van der Waals surface area contributed by atoms with Crippen LogP contribution in [0.3, 0.4) is 0 Å². The molecule has 0 unspecified atom stereocenters. The summed E-state index contributed by atoms with van der Waals surface area (Å²) in [7, 11) is 0. The summed E-state index contributed by atoms with van der Waals surface area (Å²) >= 11 is 0. The highest BCUT2D eigenvalue weighted by Crippen LogP contribution is 2.21. The van der Waals surface area contributed by atoms with Crippen molar-refractivity contribution in [2.24, 2.45) is 5.41 Å². The topological polar surface area (TPSA) is 17.0 Å². The molecule has 0 saturated carbocycles. The zero-order chi connectivity index (χ0) is 15.5. The molecule has 114 valence electrons. The molecule has 2 aromatic rings. The second kappa shape index (κ2) is 6.48. The largest absolute Gasteiger partial charge is 0.318 e. The Kier molecular flexibility index (Phi) is 4.89. The number of hydrogen-bond donors (Lipinski definition) is 1. The Morgan fingerprint density at radius 1 is 1.05 bits per heavy atom. The quantitative estimate of drug-likeness (QED) is 0.793. The first kappa shape index (κ1) is 15.8. The zero-order valence-electron chi connectivity index (χ0n) is 14.0. The molecule has 2 nitrogen and oxygen atoms in total. The van der Waals surface area contributed by atoms with E-state index in [9.17, 15) is 0 Å². The summed E-state index contributed by atoms with van der Waals surface area (Å²) in [6.07, 6.45) is 1.20. The Morgan fingerprint density at radius 2 is 1.71 bits per heavy atom. The Morgan fingerprint density at radius 3 is 2.33 bits per heavy atom. The van der Waals surface area contributed by atoms with Crippen molar-refractivity contribution in [2.75, 3.05) is 6.54 Å². The number of hydrogen-bond acceptors (Lipinski definition) is 1. The van der Waals surface area contributed by atoms with Gasteiger partial charge in [-0.25, -0.2) is 0 Å². The normalized spacial score (nSPS) is 11.9. The molecule has 0 amide bonds. The molecule has 0 atom stereocenters. The van der Waals surface area contributed by atoms with E-state index >= 15 is 0 Å². The minimum Gasteiger partial charge on any atom is -0.318 e. The number of aryl methyl sites for hydroxylation is 1. The highest BCUT2D eigenvalue weighted by molar-refractivity contribution is 5.40. The molecule has 0 spiro atoms. The van der Waals surface area contributed by atoms with E-state index in [1.165, 1.54) is 29.1 Å². The smallest absolute Gasteiger partial charge is 0.0455 e. The summed E-state index contributed by atoms with van der Waals surface area (Å²) < 4.78 is 2.33. The second-order valence-corrected chi connectivity index (χ2v) is 7.05. The molecule has 2 rings (SSSR count). The number of para-hydroxylation sites is 1. The molecule has 1 aromatic carbocycles. The summed E-state index contributed by atoms with van der Waals surface area (Å²) in [6.45, 7) is 13.3. The Bertz CT molecular complexity index is 574. The van der Waals surface area contributed by atoms with Crippen molar-refractivity contribution in [2.45, 2.75) is 47.6 Å². The molecule has 1 aromatic heterocycles. The van der Waals surface area contributed by atoms with Crippen molar-refractivity contribution in [1.29, 1.82) is 0 Å². The maximum atomic E-state index is 3.58. The molecular weight excluding hydrogens is 256 g/mol. The number of nitrogens with one attached hydrogen (secondary N) is 1. The van der Waals surface area contributed by atoms with Crippen LogP contribution < -0.4 is 5.32 Å². The van der Waals surface area contributed by atoms with Crippen LogP contribution in [0.15, 0.2) is 36.4 Å². The molecule has 2 heteroatoms. The van der Waals surface area contributed by atoms with Gasteiger partial charge in [0.15, 0.2) is 0 Å². The van der Waals surface area contributed by atoms with Crippen molar-refractivity contribution < 1.29 is 0 Å². The van der Waals surface area contributed by atoms with Gasteiger partial charge in [-0.05, 0) is 56.0 Å². The molecule has 0 aliphatic rings. The van der Waals surface area contributed by atoms with Crippen molar-refractivity contribution in [3.8, 4) is 5.69 Å². The third-order valence-corrected chi connectivity index (χ3v) is 3.92. The van der Waals surface area contributed by atoms with Gasteiger partial charge in [-0.2, -0.15) is 0 Å². The number of benzene rings is 1. The lowest BCUT2D eigenvalue weighted by Gasteiger charge is -2.18. The van der Waals surface area contributed by atoms with E-state index in [-0.39, 0.29) is 0 Å². The minimum absolute atomic E-state index is 0.397. The molecule has 0 bridgehead atoms. The lowest BCUT2D eigenvalue weighted by molar-refractivity contribution is 0.366. The summed E-state index contributed by atoms with van der Waals surface area (Å²) in [4.78, 5) is 0. The highest BCUT2D eigenvalue weighted by atomic mass is 15.0. The van der Waals surface area contributed by atoms with E-state index in [1.807, 2.05) is 0 Å². The molecule has 0 aliphatic heterocycles. The van der Waals surface area contributed by atoms with Gasteiger partial charge < -0.3 is 9.88 Å². The van der Waals surface area contributed by atoms with Gasteiger partial charge in [0.2, 0.25) is 0 Å². The minimum atomic E-state index is 0.397. The van der Waals surface area contributed by atoms with Gasteiger partial charge in [0, 0.05) is 23.6 Å². The highest BCUT2D eigenvalue weighted by Gasteiger charge is 2.11. The van der Waals surface area contributed by atoms with Crippen LogP contribution >= 0.6 is 0 Å². The number of nitrogens with zero attached hydrogens (tertiary/aromatic N) is 1. The second-order valence-electron chi connectivity index (χ2n) is 7.05. The molecule has 0 saturated heterocycles. The average molecular weight is 284 g/mol. The summed E-state index contributed by atoms with van der Waals surface area (Å²) in [5.74, 6) is 0. The molecule has 1 N–H and O–H groups in total. The first-order valence-electron chi connectivity index (χ1n) is 7.82. The first-order valence-corrected chi connectivity index (χ1v) is 7.82. The van der Waals surface area contributed by atoms with E-state index in [1.54, 1.807) is 0 Å². The van der Waals surface area contributed by atoms with Crippen LogP contribution in [0.5, 0.6) is 0 Å². The van der Waals surface area contributed by atoms with E-state index in [0.717, 1.165) is 13.1 Å². The summed E-state index contributed by atoms with van der Waals surface area (Å²) in [5.41, 5.74) is 5.67. The number of rotatable bonds is 5. The van der Waals surface area contributed by atoms with E-state index in [2.05, 4.69) is 80.9 Å². The third kappa shape index (κ3) is 4.21. The Hall–Kier alpha value is -1.54. The van der Waals surface area contributed by atoms with E-state index in [0.29, 0.717) is 5.41 Å². The van der Waals surface area contributed by atoms with Crippen LogP contribution in [0.25, 0.3) is 5.69 Å². The molecule has 1 heterocycles. The van der Waals surface area contributed by atoms with Crippen LogP contribution in [0.1, 0.15) is 44.1 Å². The average Bonchev–Trinajstić information content (AvgIpc) is 2.69. The van der Waals surface area contributed by atoms with Crippen LogP contribution in [-0.2, 0) is 6.54 Å². The fourth-order valence-electron chi connectivity index (χ4n) is 2.67. The van der Waals surface area contributed by atoms with Crippen molar-refractivity contribution >= 4 is 0 Å². The number of aromatic nitrogens is 1. The first-order chi connectivity index (χ1) is 9.88. The maximum Gasteiger partial charge on any atom is 0.0455 e. The van der Waals surface area contributed by atoms with Crippen LogP contribution in [0.4, 0.5) is 0 Å². The Balaban J connectivity index is 2.06. The van der Waals surface area contributed by atoms with Gasteiger partial charge in [0.05, 0.1) is 0 Å². The maximum absolute atomic E-state index is 3.58. The molecule has 0 fully saturated rings. The van der Waals surface area contributed by atoms with Gasteiger partial charge in [-0.15, -0.1) is 0 Å². The van der Waals surface area contributed by atoms with Crippen LogP contribution in [0.2, 0.25) is 0 Å². The molecule has 0 aliphatic carbocycles. The summed E-state index contributed by atoms with van der Waals surface area (Å²) in [5, 5.41) is 3.58. The van der Waals surface area contributed by atoms with Gasteiger partial charge >= 0.3 is 0 Å². The zero-order valence-corrected chi connectivity index (χ0v) is 14.0. The monoisotopic (exact) mass is 284 g/mol. The molecular formula is C19H28N2. The fourth-order valence-corrected chi connectivity index (χ4v) is 2.67. The molecule has 0 radical (unpaired) electrons. The van der Waals surface area contributed by atoms with E-state index < -0.39 is 0 Å².